The summed E-state index contributed by atoms with van der Waals surface area (Å²) in [6.07, 6.45) is 2.95. The summed E-state index contributed by atoms with van der Waals surface area (Å²) in [5.41, 5.74) is 0.414. The number of para-hydroxylation sites is 1. The molecule has 1 aromatic rings. The maximum Gasteiger partial charge on any atom is 0.326 e. The van der Waals surface area contributed by atoms with Gasteiger partial charge in [-0.2, -0.15) is 11.8 Å². The molecule has 2 aliphatic heterocycles. The van der Waals surface area contributed by atoms with Crippen LogP contribution in [0.1, 0.15) is 24.8 Å². The molecule has 1 saturated carbocycles. The van der Waals surface area contributed by atoms with Crippen molar-refractivity contribution in [3.63, 3.8) is 0 Å². The van der Waals surface area contributed by atoms with Crippen LogP contribution in [0.2, 0.25) is 0 Å². The SMILES string of the molecule is COc1ccccc1CN(CN1C(=O)NC2(CCSC2)C1=O)C1CC1. The topological polar surface area (TPSA) is 61.9 Å². The summed E-state index contributed by atoms with van der Waals surface area (Å²) in [6.45, 7) is 1.02. The van der Waals surface area contributed by atoms with Crippen molar-refractivity contribution in [3.05, 3.63) is 29.8 Å². The van der Waals surface area contributed by atoms with Crippen molar-refractivity contribution in [2.24, 2.45) is 0 Å². The van der Waals surface area contributed by atoms with E-state index in [1.165, 1.54) is 4.90 Å². The average molecular weight is 361 g/mol. The van der Waals surface area contributed by atoms with E-state index in [1.807, 2.05) is 24.3 Å². The molecule has 25 heavy (non-hydrogen) atoms. The molecule has 3 amide bonds. The maximum atomic E-state index is 12.9. The molecule has 7 heteroatoms. The average Bonchev–Trinajstić information content (AvgIpc) is 3.32. The quantitative estimate of drug-likeness (QED) is 0.786. The highest BCUT2D eigenvalue weighted by Crippen LogP contribution is 2.35. The van der Waals surface area contributed by atoms with Gasteiger partial charge in [0, 0.05) is 23.9 Å². The summed E-state index contributed by atoms with van der Waals surface area (Å²) in [6, 6.07) is 8.09. The van der Waals surface area contributed by atoms with E-state index in [2.05, 4.69) is 10.2 Å². The van der Waals surface area contributed by atoms with Gasteiger partial charge in [0.05, 0.1) is 13.8 Å². The third kappa shape index (κ3) is 3.11. The molecular formula is C18H23N3O3S. The molecule has 1 aromatic carbocycles. The van der Waals surface area contributed by atoms with Crippen molar-refractivity contribution in [3.8, 4) is 5.75 Å². The number of rotatable bonds is 6. The molecule has 0 bridgehead atoms. The summed E-state index contributed by atoms with van der Waals surface area (Å²) in [5.74, 6) is 2.39. The van der Waals surface area contributed by atoms with E-state index in [4.69, 9.17) is 4.74 Å². The van der Waals surface area contributed by atoms with Crippen LogP contribution in [0.4, 0.5) is 4.79 Å². The number of urea groups is 1. The van der Waals surface area contributed by atoms with Crippen LogP contribution in [0.25, 0.3) is 0 Å². The Morgan fingerprint density at radius 1 is 1.36 bits per heavy atom. The molecule has 134 valence electrons. The highest BCUT2D eigenvalue weighted by atomic mass is 32.2. The molecule has 3 aliphatic rings. The Labute approximate surface area is 151 Å². The Kier molecular flexibility index (Phi) is 4.37. The molecule has 4 rings (SSSR count). The minimum absolute atomic E-state index is 0.0619. The predicted octanol–water partition coefficient (Wildman–Crippen LogP) is 2.04. The lowest BCUT2D eigenvalue weighted by Crippen LogP contribution is -2.48. The lowest BCUT2D eigenvalue weighted by molar-refractivity contribution is -0.132. The van der Waals surface area contributed by atoms with Crippen molar-refractivity contribution in [2.75, 3.05) is 25.3 Å². The Balaban J connectivity index is 1.51. The number of benzene rings is 1. The van der Waals surface area contributed by atoms with Gasteiger partial charge in [0.25, 0.3) is 5.91 Å². The van der Waals surface area contributed by atoms with Gasteiger partial charge >= 0.3 is 6.03 Å². The molecule has 2 heterocycles. The van der Waals surface area contributed by atoms with Crippen LogP contribution < -0.4 is 10.1 Å². The molecule has 3 fully saturated rings. The highest BCUT2D eigenvalue weighted by Gasteiger charge is 2.53. The van der Waals surface area contributed by atoms with Crippen LogP contribution >= 0.6 is 11.8 Å². The smallest absolute Gasteiger partial charge is 0.326 e. The Morgan fingerprint density at radius 2 is 2.16 bits per heavy atom. The number of methoxy groups -OCH3 is 1. The number of ether oxygens (including phenoxy) is 1. The molecule has 0 radical (unpaired) electrons. The number of nitrogens with one attached hydrogen (secondary N) is 1. The monoisotopic (exact) mass is 361 g/mol. The molecular weight excluding hydrogens is 338 g/mol. The summed E-state index contributed by atoms with van der Waals surface area (Å²) < 4.78 is 5.45. The van der Waals surface area contributed by atoms with Crippen molar-refractivity contribution >= 4 is 23.7 Å². The number of carbonyl (C=O) groups is 2. The first-order valence-electron chi connectivity index (χ1n) is 8.71. The molecule has 1 spiro atoms. The van der Waals surface area contributed by atoms with E-state index in [-0.39, 0.29) is 11.9 Å². The summed E-state index contributed by atoms with van der Waals surface area (Å²) >= 11 is 1.73. The lowest BCUT2D eigenvalue weighted by Gasteiger charge is -2.27. The maximum absolute atomic E-state index is 12.9. The van der Waals surface area contributed by atoms with Crippen LogP contribution in [0, 0.1) is 0 Å². The number of imide groups is 1. The van der Waals surface area contributed by atoms with E-state index < -0.39 is 5.54 Å². The van der Waals surface area contributed by atoms with Crippen molar-refractivity contribution in [2.45, 2.75) is 37.4 Å². The molecule has 1 atom stereocenters. The van der Waals surface area contributed by atoms with E-state index in [0.29, 0.717) is 25.0 Å². The third-order valence-corrected chi connectivity index (χ3v) is 6.41. The zero-order chi connectivity index (χ0) is 17.4. The van der Waals surface area contributed by atoms with Crippen LogP contribution in [0.5, 0.6) is 5.75 Å². The minimum Gasteiger partial charge on any atom is -0.496 e. The summed E-state index contributed by atoms with van der Waals surface area (Å²) in [4.78, 5) is 28.9. The van der Waals surface area contributed by atoms with E-state index in [9.17, 15) is 9.59 Å². The number of hydrogen-bond acceptors (Lipinski definition) is 5. The predicted molar refractivity (Wildman–Crippen MR) is 96.5 cm³/mol. The van der Waals surface area contributed by atoms with E-state index in [1.54, 1.807) is 18.9 Å². The van der Waals surface area contributed by atoms with Gasteiger partial charge in [-0.25, -0.2) is 9.69 Å². The second kappa shape index (κ2) is 6.53. The fourth-order valence-corrected chi connectivity index (χ4v) is 4.93. The molecule has 6 nitrogen and oxygen atoms in total. The van der Waals surface area contributed by atoms with Gasteiger partial charge in [0.2, 0.25) is 0 Å². The fourth-order valence-electron chi connectivity index (χ4n) is 3.61. The Morgan fingerprint density at radius 3 is 2.84 bits per heavy atom. The Bertz CT molecular complexity index is 686. The number of nitrogens with zero attached hydrogens (tertiary/aromatic N) is 2. The van der Waals surface area contributed by atoms with Crippen LogP contribution in [-0.4, -0.2) is 58.6 Å². The van der Waals surface area contributed by atoms with Gasteiger partial charge in [-0.05, 0) is 31.1 Å². The first-order valence-corrected chi connectivity index (χ1v) is 9.86. The molecule has 0 aromatic heterocycles. The first-order chi connectivity index (χ1) is 12.1. The van der Waals surface area contributed by atoms with Crippen molar-refractivity contribution in [1.29, 1.82) is 0 Å². The number of amides is 3. The summed E-state index contributed by atoms with van der Waals surface area (Å²) in [7, 11) is 1.67. The van der Waals surface area contributed by atoms with Gasteiger partial charge in [0.15, 0.2) is 0 Å². The molecule has 1 N–H and O–H groups in total. The van der Waals surface area contributed by atoms with Crippen LogP contribution in [0.3, 0.4) is 0 Å². The Hall–Kier alpha value is -1.73. The number of hydrogen-bond donors (Lipinski definition) is 1. The van der Waals surface area contributed by atoms with Crippen molar-refractivity contribution < 1.29 is 14.3 Å². The van der Waals surface area contributed by atoms with Gasteiger partial charge in [-0.3, -0.25) is 9.69 Å². The molecule has 1 aliphatic carbocycles. The number of carbonyl (C=O) groups excluding carboxylic acids is 2. The van der Waals surface area contributed by atoms with Gasteiger partial charge in [0.1, 0.15) is 11.3 Å². The van der Waals surface area contributed by atoms with Crippen molar-refractivity contribution in [1.82, 2.24) is 15.1 Å². The first kappa shape index (κ1) is 16.7. The van der Waals surface area contributed by atoms with E-state index in [0.717, 1.165) is 36.3 Å². The van der Waals surface area contributed by atoms with Gasteiger partial charge in [-0.1, -0.05) is 18.2 Å². The third-order valence-electron chi connectivity index (χ3n) is 5.22. The normalized spacial score (nSPS) is 25.9. The fraction of sp³-hybridized carbons (Fsp3) is 0.556. The summed E-state index contributed by atoms with van der Waals surface area (Å²) in [5, 5.41) is 2.95. The second-order valence-corrected chi connectivity index (χ2v) is 8.08. The standard InChI is InChI=1S/C18H23N3O3S/c1-24-15-5-3-2-4-13(15)10-20(14-6-7-14)12-21-16(22)18(19-17(21)23)8-9-25-11-18/h2-5,14H,6-12H2,1H3,(H,19,23). The van der Waals surface area contributed by atoms with Crippen LogP contribution in [0.15, 0.2) is 24.3 Å². The van der Waals surface area contributed by atoms with E-state index >= 15 is 0 Å². The second-order valence-electron chi connectivity index (χ2n) is 6.98. The van der Waals surface area contributed by atoms with Gasteiger partial charge < -0.3 is 10.1 Å². The zero-order valence-corrected chi connectivity index (χ0v) is 15.2. The molecule has 2 saturated heterocycles. The highest BCUT2D eigenvalue weighted by molar-refractivity contribution is 7.99. The van der Waals surface area contributed by atoms with Crippen LogP contribution in [-0.2, 0) is 11.3 Å². The minimum atomic E-state index is -0.665. The molecule has 1 unspecified atom stereocenters. The number of thioether (sulfide) groups is 1. The zero-order valence-electron chi connectivity index (χ0n) is 14.4. The largest absolute Gasteiger partial charge is 0.496 e. The van der Waals surface area contributed by atoms with Gasteiger partial charge in [-0.15, -0.1) is 0 Å². The lowest BCUT2D eigenvalue weighted by atomic mass is 9.99.